The van der Waals surface area contributed by atoms with Crippen LogP contribution < -0.4 is 10.9 Å². The zero-order chi connectivity index (χ0) is 18.5. The molecule has 2 N–H and O–H groups in total. The Morgan fingerprint density at radius 2 is 1.96 bits per heavy atom. The number of aromatic nitrogens is 2. The van der Waals surface area contributed by atoms with Crippen LogP contribution in [0.1, 0.15) is 68.4 Å². The molecule has 0 unspecified atom stereocenters. The molecule has 0 spiro atoms. The van der Waals surface area contributed by atoms with E-state index >= 15 is 0 Å². The minimum Gasteiger partial charge on any atom is -0.310 e. The second-order valence-corrected chi connectivity index (χ2v) is 8.01. The first-order valence-electron chi connectivity index (χ1n) is 9.42. The van der Waals surface area contributed by atoms with Crippen molar-refractivity contribution >= 4 is 23.5 Å². The van der Waals surface area contributed by atoms with E-state index in [0.29, 0.717) is 17.1 Å². The smallest absolute Gasteiger partial charge is 0.270 e. The molecular formula is C20H27N3O2S. The summed E-state index contributed by atoms with van der Waals surface area (Å²) in [7, 11) is 0. The van der Waals surface area contributed by atoms with Gasteiger partial charge in [0.05, 0.1) is 16.6 Å². The van der Waals surface area contributed by atoms with Crippen LogP contribution in [0.25, 0.3) is 0 Å². The molecule has 0 fully saturated rings. The van der Waals surface area contributed by atoms with Crippen molar-refractivity contribution in [1.82, 2.24) is 9.78 Å². The molecule has 0 aliphatic carbocycles. The molecule has 0 saturated heterocycles. The monoisotopic (exact) mass is 373 g/mol. The van der Waals surface area contributed by atoms with Crippen LogP contribution in [0.4, 0.5) is 5.82 Å². The van der Waals surface area contributed by atoms with E-state index in [-0.39, 0.29) is 22.8 Å². The number of unbranched alkanes of at least 4 members (excludes halogenated alkanes) is 3. The van der Waals surface area contributed by atoms with Crippen molar-refractivity contribution in [3.63, 3.8) is 0 Å². The van der Waals surface area contributed by atoms with Crippen LogP contribution in [0.3, 0.4) is 0 Å². The molecule has 0 radical (unpaired) electrons. The van der Waals surface area contributed by atoms with E-state index in [4.69, 9.17) is 0 Å². The van der Waals surface area contributed by atoms with Crippen LogP contribution >= 0.6 is 11.8 Å². The number of hydrogen-bond donors (Lipinski definition) is 2. The van der Waals surface area contributed by atoms with E-state index in [9.17, 15) is 9.59 Å². The highest BCUT2D eigenvalue weighted by Crippen LogP contribution is 2.40. The highest BCUT2D eigenvalue weighted by atomic mass is 32.2. The van der Waals surface area contributed by atoms with Gasteiger partial charge in [-0.2, -0.15) is 0 Å². The highest BCUT2D eigenvalue weighted by Gasteiger charge is 2.31. The Bertz CT molecular complexity index is 797. The van der Waals surface area contributed by atoms with E-state index in [1.807, 2.05) is 35.0 Å². The molecule has 2 aromatic rings. The van der Waals surface area contributed by atoms with Gasteiger partial charge in [-0.3, -0.25) is 19.4 Å². The third-order valence-corrected chi connectivity index (χ3v) is 6.15. The second-order valence-electron chi connectivity index (χ2n) is 6.92. The SMILES string of the molecule is CCCCCC[C@H](C)n1[nH]c(=O)c2c1NC(=O)CS[C@H]2c1ccccc1. The molecule has 5 nitrogen and oxygen atoms in total. The Morgan fingerprint density at radius 1 is 1.19 bits per heavy atom. The number of fused-ring (bicyclic) bond motifs is 1. The molecule has 2 atom stereocenters. The molecule has 1 aromatic carbocycles. The summed E-state index contributed by atoms with van der Waals surface area (Å²) in [6.45, 7) is 4.30. The molecule has 26 heavy (non-hydrogen) atoms. The van der Waals surface area contributed by atoms with Gasteiger partial charge in [-0.25, -0.2) is 0 Å². The summed E-state index contributed by atoms with van der Waals surface area (Å²) in [6.07, 6.45) is 5.74. The Morgan fingerprint density at radius 3 is 2.69 bits per heavy atom. The Labute approximate surface area is 158 Å². The molecule has 1 aliphatic heterocycles. The van der Waals surface area contributed by atoms with Gasteiger partial charge in [0, 0.05) is 6.04 Å². The molecule has 3 rings (SSSR count). The molecule has 2 heterocycles. The van der Waals surface area contributed by atoms with Crippen LogP contribution in [-0.2, 0) is 4.79 Å². The minimum absolute atomic E-state index is 0.0550. The third kappa shape index (κ3) is 4.06. The maximum Gasteiger partial charge on any atom is 0.270 e. The number of thioether (sulfide) groups is 1. The first kappa shape index (κ1) is 18.8. The number of H-pyrrole nitrogens is 1. The number of benzene rings is 1. The number of nitrogens with one attached hydrogen (secondary N) is 2. The number of anilines is 1. The summed E-state index contributed by atoms with van der Waals surface area (Å²) >= 11 is 1.51. The molecule has 1 aliphatic rings. The molecule has 6 heteroatoms. The van der Waals surface area contributed by atoms with Crippen LogP contribution in [0.2, 0.25) is 0 Å². The van der Waals surface area contributed by atoms with E-state index in [1.54, 1.807) is 0 Å². The van der Waals surface area contributed by atoms with E-state index in [2.05, 4.69) is 24.3 Å². The molecule has 0 saturated carbocycles. The standard InChI is InChI=1S/C20H27N3O2S/c1-3-4-5-7-10-14(2)23-19-17(20(25)22-23)18(26-13-16(24)21-19)15-11-8-6-9-12-15/h6,8-9,11-12,14,18H,3-5,7,10,13H2,1-2H3,(H,21,24)(H,22,25)/t14-,18-/m0/s1. The average Bonchev–Trinajstić information content (AvgIpc) is 2.85. The third-order valence-electron chi connectivity index (χ3n) is 4.88. The molecule has 1 aromatic heterocycles. The van der Waals surface area contributed by atoms with Crippen molar-refractivity contribution < 1.29 is 4.79 Å². The number of carbonyl (C=O) groups excluding carboxylic acids is 1. The van der Waals surface area contributed by atoms with Gasteiger partial charge in [0.15, 0.2) is 0 Å². The second kappa shape index (κ2) is 8.62. The lowest BCUT2D eigenvalue weighted by molar-refractivity contribution is -0.113. The van der Waals surface area contributed by atoms with Crippen LogP contribution in [0.15, 0.2) is 35.1 Å². The number of amides is 1. The fourth-order valence-corrected chi connectivity index (χ4v) is 4.59. The number of nitrogens with zero attached hydrogens (tertiary/aromatic N) is 1. The largest absolute Gasteiger partial charge is 0.310 e. The minimum atomic E-state index is -0.137. The maximum absolute atomic E-state index is 12.8. The topological polar surface area (TPSA) is 66.9 Å². The van der Waals surface area contributed by atoms with Crippen molar-refractivity contribution in [3.05, 3.63) is 51.8 Å². The van der Waals surface area contributed by atoms with Crippen molar-refractivity contribution in [2.75, 3.05) is 11.1 Å². The number of aromatic amines is 1. The van der Waals surface area contributed by atoms with E-state index in [1.165, 1.54) is 31.0 Å². The first-order chi connectivity index (χ1) is 12.6. The lowest BCUT2D eigenvalue weighted by Crippen LogP contribution is -2.18. The van der Waals surface area contributed by atoms with Crippen LogP contribution in [0.5, 0.6) is 0 Å². The Kier molecular flexibility index (Phi) is 6.25. The van der Waals surface area contributed by atoms with E-state index < -0.39 is 0 Å². The zero-order valence-electron chi connectivity index (χ0n) is 15.5. The molecular weight excluding hydrogens is 346 g/mol. The van der Waals surface area contributed by atoms with Gasteiger partial charge < -0.3 is 5.32 Å². The maximum atomic E-state index is 12.8. The number of carbonyl (C=O) groups is 1. The Hall–Kier alpha value is -1.95. The fraction of sp³-hybridized carbons (Fsp3) is 0.500. The predicted molar refractivity (Wildman–Crippen MR) is 108 cm³/mol. The Balaban J connectivity index is 1.93. The molecule has 140 valence electrons. The molecule has 1 amide bonds. The van der Waals surface area contributed by atoms with Crippen LogP contribution in [-0.4, -0.2) is 21.4 Å². The van der Waals surface area contributed by atoms with Gasteiger partial charge in [-0.1, -0.05) is 62.9 Å². The fourth-order valence-electron chi connectivity index (χ4n) is 3.46. The lowest BCUT2D eigenvalue weighted by Gasteiger charge is -2.17. The van der Waals surface area contributed by atoms with Gasteiger partial charge in [-0.05, 0) is 18.9 Å². The normalized spacial score (nSPS) is 18.1. The summed E-state index contributed by atoms with van der Waals surface area (Å²) in [5.41, 5.74) is 1.60. The van der Waals surface area contributed by atoms with Crippen molar-refractivity contribution in [3.8, 4) is 0 Å². The summed E-state index contributed by atoms with van der Waals surface area (Å²) < 4.78 is 1.86. The number of hydrogen-bond acceptors (Lipinski definition) is 3. The van der Waals surface area contributed by atoms with Gasteiger partial charge in [0.2, 0.25) is 5.91 Å². The van der Waals surface area contributed by atoms with Gasteiger partial charge >= 0.3 is 0 Å². The molecule has 0 bridgehead atoms. The quantitative estimate of drug-likeness (QED) is 0.703. The lowest BCUT2D eigenvalue weighted by atomic mass is 10.1. The summed E-state index contributed by atoms with van der Waals surface area (Å²) in [4.78, 5) is 25.0. The van der Waals surface area contributed by atoms with Gasteiger partial charge in [-0.15, -0.1) is 11.8 Å². The summed E-state index contributed by atoms with van der Waals surface area (Å²) in [5, 5.41) is 5.81. The first-order valence-corrected chi connectivity index (χ1v) is 10.5. The van der Waals surface area contributed by atoms with Gasteiger partial charge in [0.1, 0.15) is 5.82 Å². The highest BCUT2D eigenvalue weighted by molar-refractivity contribution is 8.00. The average molecular weight is 374 g/mol. The predicted octanol–water partition coefficient (Wildman–Crippen LogP) is 4.48. The summed E-state index contributed by atoms with van der Waals surface area (Å²) in [5.74, 6) is 0.931. The van der Waals surface area contributed by atoms with E-state index in [0.717, 1.165) is 18.4 Å². The summed E-state index contributed by atoms with van der Waals surface area (Å²) in [6, 6.07) is 10.1. The van der Waals surface area contributed by atoms with Gasteiger partial charge in [0.25, 0.3) is 5.56 Å². The number of rotatable bonds is 7. The van der Waals surface area contributed by atoms with Crippen molar-refractivity contribution in [2.24, 2.45) is 0 Å². The zero-order valence-corrected chi connectivity index (χ0v) is 16.3. The van der Waals surface area contributed by atoms with Crippen LogP contribution in [0, 0.1) is 0 Å². The van der Waals surface area contributed by atoms with Crippen molar-refractivity contribution in [2.45, 2.75) is 57.2 Å². The van der Waals surface area contributed by atoms with Crippen molar-refractivity contribution in [1.29, 1.82) is 0 Å².